The number of ether oxygens (including phenoxy) is 2. The SMILES string of the molecule is CCOc1ccc(-c2nnc3n2N[C@@H](c2ccc(OC)cc2)S3)cc1. The van der Waals surface area contributed by atoms with E-state index in [9.17, 15) is 0 Å². The lowest BCUT2D eigenvalue weighted by atomic mass is 10.2. The number of hydrogen-bond donors (Lipinski definition) is 1. The van der Waals surface area contributed by atoms with Crippen molar-refractivity contribution in [3.05, 3.63) is 54.1 Å². The minimum absolute atomic E-state index is 0.0952. The van der Waals surface area contributed by atoms with E-state index in [4.69, 9.17) is 9.47 Å². The number of hydrogen-bond acceptors (Lipinski definition) is 6. The molecule has 2 aromatic carbocycles. The van der Waals surface area contributed by atoms with Crippen molar-refractivity contribution in [2.45, 2.75) is 17.5 Å². The maximum absolute atomic E-state index is 5.49. The average molecular weight is 354 g/mol. The lowest BCUT2D eigenvalue weighted by Gasteiger charge is -2.13. The zero-order chi connectivity index (χ0) is 17.2. The molecule has 25 heavy (non-hydrogen) atoms. The van der Waals surface area contributed by atoms with E-state index in [1.165, 1.54) is 0 Å². The molecule has 6 nitrogen and oxygen atoms in total. The van der Waals surface area contributed by atoms with Gasteiger partial charge in [-0.2, -0.15) is 0 Å². The number of aromatic nitrogens is 3. The summed E-state index contributed by atoms with van der Waals surface area (Å²) in [5.74, 6) is 2.49. The number of methoxy groups -OCH3 is 1. The van der Waals surface area contributed by atoms with Crippen molar-refractivity contribution >= 4 is 11.8 Å². The standard InChI is InChI=1S/C18H18N4O2S/c1-3-24-15-10-4-12(5-11-15)16-19-20-18-22(16)21-17(25-18)13-6-8-14(23-2)9-7-13/h4-11,17,21H,3H2,1-2H3/t17-/m1/s1. The van der Waals surface area contributed by atoms with E-state index in [0.717, 1.165) is 33.6 Å². The van der Waals surface area contributed by atoms with Gasteiger partial charge in [-0.25, -0.2) is 4.68 Å². The highest BCUT2D eigenvalue weighted by Crippen LogP contribution is 2.40. The lowest BCUT2D eigenvalue weighted by molar-refractivity contribution is 0.340. The number of fused-ring (bicyclic) bond motifs is 1. The van der Waals surface area contributed by atoms with E-state index >= 15 is 0 Å². The Labute approximate surface area is 150 Å². The molecular weight excluding hydrogens is 336 g/mol. The van der Waals surface area contributed by atoms with Crippen LogP contribution in [0.25, 0.3) is 11.4 Å². The summed E-state index contributed by atoms with van der Waals surface area (Å²) >= 11 is 1.64. The lowest BCUT2D eigenvalue weighted by Crippen LogP contribution is -2.13. The smallest absolute Gasteiger partial charge is 0.212 e. The average Bonchev–Trinajstić information content (AvgIpc) is 3.24. The van der Waals surface area contributed by atoms with Gasteiger partial charge in [-0.1, -0.05) is 23.9 Å². The van der Waals surface area contributed by atoms with Crippen LogP contribution in [0.4, 0.5) is 0 Å². The summed E-state index contributed by atoms with van der Waals surface area (Å²) in [5.41, 5.74) is 5.61. The Morgan fingerprint density at radius 3 is 2.44 bits per heavy atom. The summed E-state index contributed by atoms with van der Waals surface area (Å²) < 4.78 is 12.6. The summed E-state index contributed by atoms with van der Waals surface area (Å²) in [5, 5.41) is 9.55. The molecule has 1 aliphatic rings. The van der Waals surface area contributed by atoms with Gasteiger partial charge >= 0.3 is 0 Å². The number of nitrogens with one attached hydrogen (secondary N) is 1. The maximum atomic E-state index is 5.49. The maximum Gasteiger partial charge on any atom is 0.212 e. The van der Waals surface area contributed by atoms with E-state index in [-0.39, 0.29) is 5.37 Å². The second kappa shape index (κ2) is 6.68. The molecule has 0 aliphatic carbocycles. The third kappa shape index (κ3) is 3.02. The highest BCUT2D eigenvalue weighted by molar-refractivity contribution is 7.99. The van der Waals surface area contributed by atoms with Crippen LogP contribution in [0.3, 0.4) is 0 Å². The predicted octanol–water partition coefficient (Wildman–Crippen LogP) is 3.70. The highest BCUT2D eigenvalue weighted by atomic mass is 32.2. The molecular formula is C18H18N4O2S. The second-order valence-electron chi connectivity index (χ2n) is 5.50. The second-order valence-corrected chi connectivity index (χ2v) is 6.57. The molecule has 0 saturated carbocycles. The first kappa shape index (κ1) is 15.8. The van der Waals surface area contributed by atoms with Gasteiger partial charge in [-0.3, -0.25) is 0 Å². The third-order valence-corrected chi connectivity index (χ3v) is 5.03. The van der Waals surface area contributed by atoms with Crippen LogP contribution in [0.2, 0.25) is 0 Å². The molecule has 0 unspecified atom stereocenters. The molecule has 3 aromatic rings. The van der Waals surface area contributed by atoms with Crippen LogP contribution in [0, 0.1) is 0 Å². The molecule has 0 bridgehead atoms. The fourth-order valence-corrected chi connectivity index (χ4v) is 3.68. The van der Waals surface area contributed by atoms with Gasteiger partial charge in [0.25, 0.3) is 0 Å². The zero-order valence-corrected chi connectivity index (χ0v) is 14.8. The Hall–Kier alpha value is -2.67. The normalized spacial score (nSPS) is 15.5. The summed E-state index contributed by atoms with van der Waals surface area (Å²) in [6.07, 6.45) is 0. The topological polar surface area (TPSA) is 61.2 Å². The van der Waals surface area contributed by atoms with Crippen molar-refractivity contribution in [2.75, 3.05) is 19.1 Å². The Balaban J connectivity index is 1.56. The molecule has 2 heterocycles. The summed E-state index contributed by atoms with van der Waals surface area (Å²) in [6, 6.07) is 15.9. The Morgan fingerprint density at radius 2 is 1.76 bits per heavy atom. The van der Waals surface area contributed by atoms with Gasteiger partial charge in [0.1, 0.15) is 16.9 Å². The van der Waals surface area contributed by atoms with Crippen LogP contribution < -0.4 is 14.9 Å². The minimum atomic E-state index is 0.0952. The van der Waals surface area contributed by atoms with Crippen molar-refractivity contribution in [2.24, 2.45) is 0 Å². The van der Waals surface area contributed by atoms with Crippen LogP contribution in [0.5, 0.6) is 11.5 Å². The molecule has 1 aromatic heterocycles. The van der Waals surface area contributed by atoms with E-state index in [0.29, 0.717) is 6.61 Å². The monoisotopic (exact) mass is 354 g/mol. The van der Waals surface area contributed by atoms with Crippen LogP contribution in [0.1, 0.15) is 17.9 Å². The van der Waals surface area contributed by atoms with E-state index in [2.05, 4.69) is 27.8 Å². The zero-order valence-electron chi connectivity index (χ0n) is 14.0. The third-order valence-electron chi connectivity index (χ3n) is 3.95. The van der Waals surface area contributed by atoms with E-state index in [1.807, 2.05) is 48.0 Å². The first-order valence-corrected chi connectivity index (χ1v) is 8.92. The van der Waals surface area contributed by atoms with Crippen molar-refractivity contribution in [3.63, 3.8) is 0 Å². The number of nitrogens with zero attached hydrogens (tertiary/aromatic N) is 3. The Kier molecular flexibility index (Phi) is 4.23. The molecule has 1 aliphatic heterocycles. The molecule has 0 amide bonds. The quantitative estimate of drug-likeness (QED) is 0.754. The molecule has 1 atom stereocenters. The summed E-state index contributed by atoms with van der Waals surface area (Å²) in [4.78, 5) is 0. The van der Waals surface area contributed by atoms with Gasteiger partial charge in [0.05, 0.1) is 13.7 Å². The first-order chi connectivity index (χ1) is 12.3. The Bertz CT molecular complexity index is 862. The summed E-state index contributed by atoms with van der Waals surface area (Å²) in [6.45, 7) is 2.63. The first-order valence-electron chi connectivity index (χ1n) is 8.04. The highest BCUT2D eigenvalue weighted by Gasteiger charge is 2.28. The van der Waals surface area contributed by atoms with Crippen LogP contribution in [-0.4, -0.2) is 28.6 Å². The van der Waals surface area contributed by atoms with Gasteiger partial charge in [0, 0.05) is 5.56 Å². The van der Waals surface area contributed by atoms with Crippen molar-refractivity contribution in [1.29, 1.82) is 0 Å². The fraction of sp³-hybridized carbons (Fsp3) is 0.222. The molecule has 128 valence electrons. The summed E-state index contributed by atoms with van der Waals surface area (Å²) in [7, 11) is 1.67. The molecule has 4 rings (SSSR count). The van der Waals surface area contributed by atoms with Gasteiger partial charge < -0.3 is 14.9 Å². The predicted molar refractivity (Wildman–Crippen MR) is 97.6 cm³/mol. The van der Waals surface area contributed by atoms with Crippen LogP contribution in [-0.2, 0) is 0 Å². The fourth-order valence-electron chi connectivity index (χ4n) is 2.69. The van der Waals surface area contributed by atoms with Crippen molar-refractivity contribution in [1.82, 2.24) is 14.9 Å². The van der Waals surface area contributed by atoms with E-state index < -0.39 is 0 Å². The van der Waals surface area contributed by atoms with Gasteiger partial charge in [-0.15, -0.1) is 10.2 Å². The van der Waals surface area contributed by atoms with Crippen LogP contribution >= 0.6 is 11.8 Å². The number of thioether (sulfide) groups is 1. The van der Waals surface area contributed by atoms with Gasteiger partial charge in [0.15, 0.2) is 5.82 Å². The van der Waals surface area contributed by atoms with Crippen molar-refractivity contribution in [3.8, 4) is 22.9 Å². The van der Waals surface area contributed by atoms with Gasteiger partial charge in [-0.05, 0) is 48.9 Å². The molecule has 0 radical (unpaired) electrons. The van der Waals surface area contributed by atoms with Gasteiger partial charge in [0.2, 0.25) is 5.16 Å². The number of rotatable bonds is 5. The number of benzene rings is 2. The van der Waals surface area contributed by atoms with Crippen LogP contribution in [0.15, 0.2) is 53.7 Å². The molecule has 0 spiro atoms. The molecule has 7 heteroatoms. The Morgan fingerprint density at radius 1 is 1.04 bits per heavy atom. The minimum Gasteiger partial charge on any atom is -0.497 e. The molecule has 1 N–H and O–H groups in total. The van der Waals surface area contributed by atoms with E-state index in [1.54, 1.807) is 18.9 Å². The molecule has 0 saturated heterocycles. The van der Waals surface area contributed by atoms with Crippen molar-refractivity contribution < 1.29 is 9.47 Å². The largest absolute Gasteiger partial charge is 0.497 e. The molecule has 0 fully saturated rings.